The first-order valence-corrected chi connectivity index (χ1v) is 13.0. The maximum atomic E-state index is 12.4. The standard InChI is InChI=1S/C28H32N6O3/c1-20-18-26(37-32-20)31-27(35)29-23-5-2-4-22(19-23)28(10-11-28)34-12-8-21(9-13-34)24-6-3-7-25(30-24)33-14-16-36-17-15-33/h2-8,18-19H,9-17H2,1H3,(H2,29,31,35). The van der Waals surface area contributed by atoms with Crippen LogP contribution in [-0.4, -0.2) is 60.5 Å². The summed E-state index contributed by atoms with van der Waals surface area (Å²) in [6.45, 7) is 6.98. The van der Waals surface area contributed by atoms with Gasteiger partial charge < -0.3 is 19.5 Å². The molecule has 3 aromatic rings. The van der Waals surface area contributed by atoms with Crippen molar-refractivity contribution in [2.75, 3.05) is 54.9 Å². The fourth-order valence-electron chi connectivity index (χ4n) is 5.35. The molecule has 2 aliphatic heterocycles. The van der Waals surface area contributed by atoms with Crippen LogP contribution in [0.25, 0.3) is 5.57 Å². The van der Waals surface area contributed by atoms with E-state index >= 15 is 0 Å². The third kappa shape index (κ3) is 5.10. The van der Waals surface area contributed by atoms with Gasteiger partial charge in [-0.15, -0.1) is 0 Å². The zero-order valence-electron chi connectivity index (χ0n) is 21.1. The first-order chi connectivity index (χ1) is 18.1. The van der Waals surface area contributed by atoms with Crippen LogP contribution in [0.15, 0.2) is 59.1 Å². The molecule has 2 fully saturated rings. The second-order valence-corrected chi connectivity index (χ2v) is 9.93. The van der Waals surface area contributed by atoms with Crippen molar-refractivity contribution in [1.82, 2.24) is 15.0 Å². The quantitative estimate of drug-likeness (QED) is 0.509. The monoisotopic (exact) mass is 500 g/mol. The molecule has 1 saturated carbocycles. The number of benzene rings is 1. The van der Waals surface area contributed by atoms with Crippen molar-refractivity contribution in [1.29, 1.82) is 0 Å². The van der Waals surface area contributed by atoms with E-state index in [0.29, 0.717) is 11.6 Å². The summed E-state index contributed by atoms with van der Waals surface area (Å²) in [6.07, 6.45) is 5.55. The number of amides is 2. The summed E-state index contributed by atoms with van der Waals surface area (Å²) in [7, 11) is 0. The number of nitrogens with zero attached hydrogens (tertiary/aromatic N) is 4. The van der Waals surface area contributed by atoms with Crippen LogP contribution in [0.3, 0.4) is 0 Å². The Kier molecular flexibility index (Phi) is 6.40. The van der Waals surface area contributed by atoms with E-state index in [-0.39, 0.29) is 11.6 Å². The summed E-state index contributed by atoms with van der Waals surface area (Å²) in [5, 5.41) is 9.39. The highest BCUT2D eigenvalue weighted by atomic mass is 16.5. The van der Waals surface area contributed by atoms with E-state index < -0.39 is 0 Å². The van der Waals surface area contributed by atoms with Crippen molar-refractivity contribution in [3.05, 3.63) is 71.6 Å². The van der Waals surface area contributed by atoms with Gasteiger partial charge >= 0.3 is 6.03 Å². The van der Waals surface area contributed by atoms with Gasteiger partial charge in [-0.05, 0) is 61.6 Å². The van der Waals surface area contributed by atoms with Gasteiger partial charge in [-0.1, -0.05) is 29.4 Å². The third-order valence-corrected chi connectivity index (χ3v) is 7.46. The van der Waals surface area contributed by atoms with Crippen LogP contribution >= 0.6 is 0 Å². The third-order valence-electron chi connectivity index (χ3n) is 7.46. The molecule has 0 bridgehead atoms. The lowest BCUT2D eigenvalue weighted by Crippen LogP contribution is -2.38. The van der Waals surface area contributed by atoms with E-state index in [1.807, 2.05) is 19.1 Å². The number of aryl methyl sites for hydroxylation is 1. The molecule has 2 N–H and O–H groups in total. The van der Waals surface area contributed by atoms with Crippen LogP contribution in [0.4, 0.5) is 22.2 Å². The number of urea groups is 1. The average Bonchev–Trinajstić information content (AvgIpc) is 3.65. The van der Waals surface area contributed by atoms with E-state index in [1.54, 1.807) is 6.07 Å². The normalized spacial score (nSPS) is 19.3. The van der Waals surface area contributed by atoms with Crippen molar-refractivity contribution in [3.8, 4) is 0 Å². The largest absolute Gasteiger partial charge is 0.378 e. The van der Waals surface area contributed by atoms with Crippen LogP contribution in [0.1, 0.15) is 36.2 Å². The number of carbonyl (C=O) groups is 1. The Morgan fingerprint density at radius 2 is 1.86 bits per heavy atom. The topological polar surface area (TPSA) is 95.8 Å². The van der Waals surface area contributed by atoms with Gasteiger partial charge in [-0.2, -0.15) is 0 Å². The van der Waals surface area contributed by atoms with Crippen LogP contribution in [0.2, 0.25) is 0 Å². The molecule has 6 rings (SSSR count). The molecule has 1 saturated heterocycles. The maximum Gasteiger partial charge on any atom is 0.326 e. The number of ether oxygens (including phenoxy) is 1. The van der Waals surface area contributed by atoms with Gasteiger partial charge in [-0.3, -0.25) is 10.2 Å². The average molecular weight is 501 g/mol. The van der Waals surface area contributed by atoms with E-state index in [2.05, 4.69) is 62.0 Å². The molecule has 0 unspecified atom stereocenters. The highest BCUT2D eigenvalue weighted by Gasteiger charge is 2.49. The minimum atomic E-state index is -0.351. The lowest BCUT2D eigenvalue weighted by Gasteiger charge is -2.35. The number of nitrogens with one attached hydrogen (secondary N) is 2. The molecule has 1 aliphatic carbocycles. The van der Waals surface area contributed by atoms with Gasteiger partial charge in [0.2, 0.25) is 5.88 Å². The van der Waals surface area contributed by atoms with Crippen molar-refractivity contribution in [3.63, 3.8) is 0 Å². The van der Waals surface area contributed by atoms with E-state index in [1.165, 1.54) is 11.1 Å². The van der Waals surface area contributed by atoms with Crippen LogP contribution in [-0.2, 0) is 10.3 Å². The second kappa shape index (κ2) is 9.99. The summed E-state index contributed by atoms with van der Waals surface area (Å²) >= 11 is 0. The van der Waals surface area contributed by atoms with Crippen molar-refractivity contribution in [2.45, 2.75) is 31.7 Å². The van der Waals surface area contributed by atoms with Gasteiger partial charge in [0, 0.05) is 43.5 Å². The zero-order valence-corrected chi connectivity index (χ0v) is 21.1. The number of pyridine rings is 1. The maximum absolute atomic E-state index is 12.4. The number of carbonyl (C=O) groups excluding carboxylic acids is 1. The molecule has 1 aromatic carbocycles. The number of aromatic nitrogens is 2. The number of hydrogen-bond donors (Lipinski definition) is 2. The molecule has 0 atom stereocenters. The Morgan fingerprint density at radius 3 is 2.59 bits per heavy atom. The summed E-state index contributed by atoms with van der Waals surface area (Å²) in [6, 6.07) is 15.8. The Bertz CT molecular complexity index is 1310. The predicted octanol–water partition coefficient (Wildman–Crippen LogP) is 4.64. The summed E-state index contributed by atoms with van der Waals surface area (Å²) in [5.41, 5.74) is 5.14. The molecule has 9 nitrogen and oxygen atoms in total. The molecule has 192 valence electrons. The Labute approximate surface area is 216 Å². The van der Waals surface area contributed by atoms with E-state index in [0.717, 1.165) is 75.9 Å². The Balaban J connectivity index is 1.12. The van der Waals surface area contributed by atoms with E-state index in [4.69, 9.17) is 14.2 Å². The predicted molar refractivity (Wildman–Crippen MR) is 143 cm³/mol. The Morgan fingerprint density at radius 1 is 1.03 bits per heavy atom. The van der Waals surface area contributed by atoms with Crippen molar-refractivity contribution in [2.24, 2.45) is 0 Å². The van der Waals surface area contributed by atoms with Gasteiger partial charge in [0.1, 0.15) is 5.82 Å². The number of hydrogen-bond acceptors (Lipinski definition) is 7. The molecule has 37 heavy (non-hydrogen) atoms. The van der Waals surface area contributed by atoms with Gasteiger partial charge in [0.15, 0.2) is 0 Å². The molecule has 2 amide bonds. The SMILES string of the molecule is Cc1cc(NC(=O)Nc2cccc(C3(N4CC=C(c5cccc(N6CCOCC6)n5)CC4)CC3)c2)on1. The van der Waals surface area contributed by atoms with Crippen molar-refractivity contribution >= 4 is 29.0 Å². The molecule has 9 heteroatoms. The lowest BCUT2D eigenvalue weighted by atomic mass is 9.97. The number of anilines is 3. The molecular formula is C28H32N6O3. The first-order valence-electron chi connectivity index (χ1n) is 13.0. The van der Waals surface area contributed by atoms with Gasteiger partial charge in [0.25, 0.3) is 0 Å². The number of rotatable bonds is 6. The van der Waals surface area contributed by atoms with Crippen LogP contribution < -0.4 is 15.5 Å². The number of morpholine rings is 1. The highest BCUT2D eigenvalue weighted by Crippen LogP contribution is 2.52. The molecule has 2 aromatic heterocycles. The smallest absolute Gasteiger partial charge is 0.326 e. The molecule has 3 aliphatic rings. The van der Waals surface area contributed by atoms with Gasteiger partial charge in [0.05, 0.1) is 24.6 Å². The van der Waals surface area contributed by atoms with Gasteiger partial charge in [-0.25, -0.2) is 9.78 Å². The zero-order chi connectivity index (χ0) is 25.2. The summed E-state index contributed by atoms with van der Waals surface area (Å²) < 4.78 is 10.6. The summed E-state index contributed by atoms with van der Waals surface area (Å²) in [4.78, 5) is 22.3. The lowest BCUT2D eigenvalue weighted by molar-refractivity contribution is 0.122. The Hall–Kier alpha value is -3.69. The second-order valence-electron chi connectivity index (χ2n) is 9.93. The molecule has 0 spiro atoms. The van der Waals surface area contributed by atoms with E-state index in [9.17, 15) is 4.79 Å². The first kappa shape index (κ1) is 23.7. The molecular weight excluding hydrogens is 468 g/mol. The minimum absolute atomic E-state index is 0.0291. The van der Waals surface area contributed by atoms with Crippen molar-refractivity contribution < 1.29 is 14.1 Å². The highest BCUT2D eigenvalue weighted by molar-refractivity contribution is 5.98. The van der Waals surface area contributed by atoms with Crippen LogP contribution in [0, 0.1) is 6.92 Å². The fraction of sp³-hybridized carbons (Fsp3) is 0.393. The molecule has 4 heterocycles. The molecule has 0 radical (unpaired) electrons. The summed E-state index contributed by atoms with van der Waals surface area (Å²) in [5.74, 6) is 1.36. The van der Waals surface area contributed by atoms with Crippen LogP contribution in [0.5, 0.6) is 0 Å². The fourth-order valence-corrected chi connectivity index (χ4v) is 5.35. The minimum Gasteiger partial charge on any atom is -0.378 e.